The maximum atomic E-state index is 13.6. The van der Waals surface area contributed by atoms with E-state index >= 15 is 0 Å². The van der Waals surface area contributed by atoms with Crippen LogP contribution in [0.2, 0.25) is 5.02 Å². The minimum Gasteiger partial charge on any atom is -0.306 e. The van der Waals surface area contributed by atoms with Crippen LogP contribution in [0, 0.1) is 5.82 Å². The van der Waals surface area contributed by atoms with Crippen LogP contribution in [0.15, 0.2) is 59.7 Å². The van der Waals surface area contributed by atoms with Crippen LogP contribution in [-0.2, 0) is 0 Å². The molecule has 0 fully saturated rings. The quantitative estimate of drug-likeness (QED) is 0.569. The Morgan fingerprint density at radius 2 is 1.79 bits per heavy atom. The number of imidazole rings is 1. The summed E-state index contributed by atoms with van der Waals surface area (Å²) in [4.78, 5) is 20.8. The number of nitrogens with zero attached hydrogens (tertiary/aromatic N) is 1. The normalized spacial score (nSPS) is 11.1. The summed E-state index contributed by atoms with van der Waals surface area (Å²) in [7, 11) is 0. The topological polar surface area (TPSA) is 61.5 Å². The van der Waals surface area contributed by atoms with E-state index in [9.17, 15) is 9.18 Å². The molecule has 4 rings (SSSR count). The van der Waals surface area contributed by atoms with Gasteiger partial charge in [0.2, 0.25) is 0 Å². The highest BCUT2D eigenvalue weighted by atomic mass is 35.5. The average Bonchev–Trinajstić information content (AvgIpc) is 2.93. The lowest BCUT2D eigenvalue weighted by Crippen LogP contribution is -1.99. The van der Waals surface area contributed by atoms with Crippen LogP contribution in [-0.4, -0.2) is 15.0 Å². The molecule has 2 heterocycles. The highest BCUT2D eigenvalue weighted by molar-refractivity contribution is 6.34. The molecule has 0 bridgehead atoms. The van der Waals surface area contributed by atoms with Crippen molar-refractivity contribution in [3.05, 3.63) is 76.2 Å². The van der Waals surface area contributed by atoms with E-state index < -0.39 is 5.82 Å². The molecular weight excluding hydrogens is 329 g/mol. The average molecular weight is 340 g/mol. The predicted molar refractivity (Wildman–Crippen MR) is 92.6 cm³/mol. The number of hydrogen-bond acceptors (Lipinski definition) is 2. The highest BCUT2D eigenvalue weighted by Gasteiger charge is 2.13. The molecule has 2 aromatic carbocycles. The Kier molecular flexibility index (Phi) is 3.43. The molecule has 0 atom stereocenters. The first-order chi connectivity index (χ1) is 11.6. The van der Waals surface area contributed by atoms with Crippen LogP contribution in [0.3, 0.4) is 0 Å². The number of hydrogen-bond donors (Lipinski definition) is 2. The number of aromatic nitrogens is 3. The molecule has 4 aromatic rings. The first-order valence-corrected chi connectivity index (χ1v) is 7.61. The van der Waals surface area contributed by atoms with Gasteiger partial charge in [0.15, 0.2) is 0 Å². The molecule has 2 N–H and O–H groups in total. The first kappa shape index (κ1) is 14.7. The molecule has 0 aliphatic rings. The van der Waals surface area contributed by atoms with E-state index in [4.69, 9.17) is 11.6 Å². The fourth-order valence-electron chi connectivity index (χ4n) is 2.81. The second-order valence-electron chi connectivity index (χ2n) is 5.39. The maximum Gasteiger partial charge on any atom is 0.323 e. The minimum absolute atomic E-state index is 0.268. The molecule has 6 heteroatoms. The summed E-state index contributed by atoms with van der Waals surface area (Å²) in [6.07, 6.45) is 2.75. The third kappa shape index (κ3) is 2.49. The molecular formula is C18H11ClFN3O. The molecule has 0 radical (unpaired) electrons. The molecule has 0 saturated heterocycles. The lowest BCUT2D eigenvalue weighted by atomic mass is 9.95. The lowest BCUT2D eigenvalue weighted by molar-refractivity contribution is 0.622. The monoisotopic (exact) mass is 339 g/mol. The van der Waals surface area contributed by atoms with Crippen molar-refractivity contribution in [2.24, 2.45) is 0 Å². The molecule has 0 unspecified atom stereocenters. The number of aromatic amines is 2. The van der Waals surface area contributed by atoms with Crippen LogP contribution in [0.5, 0.6) is 0 Å². The number of fused-ring (bicyclic) bond motifs is 1. The summed E-state index contributed by atoms with van der Waals surface area (Å²) in [5.74, 6) is -0.413. The van der Waals surface area contributed by atoms with Crippen LogP contribution in [0.25, 0.3) is 33.3 Å². The zero-order chi connectivity index (χ0) is 16.7. The zero-order valence-corrected chi connectivity index (χ0v) is 13.1. The van der Waals surface area contributed by atoms with E-state index in [0.29, 0.717) is 21.6 Å². The Morgan fingerprint density at radius 1 is 0.958 bits per heavy atom. The van der Waals surface area contributed by atoms with Gasteiger partial charge in [-0.3, -0.25) is 4.98 Å². The molecule has 0 aliphatic carbocycles. The summed E-state index contributed by atoms with van der Waals surface area (Å²) < 4.78 is 13.6. The van der Waals surface area contributed by atoms with Gasteiger partial charge in [0, 0.05) is 22.3 Å². The summed E-state index contributed by atoms with van der Waals surface area (Å²) in [5.41, 5.74) is 4.11. The van der Waals surface area contributed by atoms with E-state index in [2.05, 4.69) is 15.0 Å². The Bertz CT molecular complexity index is 1120. The van der Waals surface area contributed by atoms with Gasteiger partial charge < -0.3 is 9.97 Å². The van der Waals surface area contributed by atoms with Crippen molar-refractivity contribution < 1.29 is 4.39 Å². The van der Waals surface area contributed by atoms with Crippen LogP contribution >= 0.6 is 11.6 Å². The summed E-state index contributed by atoms with van der Waals surface area (Å²) in [6.45, 7) is 0. The van der Waals surface area contributed by atoms with Crippen molar-refractivity contribution in [2.45, 2.75) is 0 Å². The third-order valence-corrected chi connectivity index (χ3v) is 4.15. The SMILES string of the molecule is O=c1[nH]c2ccc(-c3c(Cl)cccc3-c3cncc(F)c3)cc2[nH]1. The van der Waals surface area contributed by atoms with E-state index in [1.165, 1.54) is 6.07 Å². The molecule has 24 heavy (non-hydrogen) atoms. The molecule has 2 aromatic heterocycles. The highest BCUT2D eigenvalue weighted by Crippen LogP contribution is 2.38. The van der Waals surface area contributed by atoms with Crippen molar-refractivity contribution >= 4 is 22.6 Å². The molecule has 0 aliphatic heterocycles. The van der Waals surface area contributed by atoms with Gasteiger partial charge >= 0.3 is 5.69 Å². The molecule has 0 spiro atoms. The van der Waals surface area contributed by atoms with Gasteiger partial charge in [-0.25, -0.2) is 9.18 Å². The summed E-state index contributed by atoms with van der Waals surface area (Å²) >= 11 is 6.42. The summed E-state index contributed by atoms with van der Waals surface area (Å²) in [5, 5.41) is 0.536. The fraction of sp³-hybridized carbons (Fsp3) is 0. The van der Waals surface area contributed by atoms with E-state index in [1.54, 1.807) is 18.3 Å². The largest absolute Gasteiger partial charge is 0.323 e. The van der Waals surface area contributed by atoms with Crippen molar-refractivity contribution in [3.63, 3.8) is 0 Å². The molecule has 0 amide bonds. The first-order valence-electron chi connectivity index (χ1n) is 7.24. The molecule has 4 nitrogen and oxygen atoms in total. The Balaban J connectivity index is 1.98. The van der Waals surface area contributed by atoms with Crippen molar-refractivity contribution in [1.82, 2.24) is 15.0 Å². The molecule has 118 valence electrons. The Hall–Kier alpha value is -2.92. The van der Waals surface area contributed by atoms with Gasteiger partial charge in [0.1, 0.15) is 5.82 Å². The van der Waals surface area contributed by atoms with E-state index in [0.717, 1.165) is 22.9 Å². The smallest absolute Gasteiger partial charge is 0.306 e. The maximum absolute atomic E-state index is 13.6. The lowest BCUT2D eigenvalue weighted by Gasteiger charge is -2.12. The standard InChI is InChI=1S/C18H11ClFN3O/c19-14-3-1-2-13(11-6-12(20)9-21-8-11)17(14)10-4-5-15-16(7-10)23-18(24)22-15/h1-9H,(H2,22,23,24). The number of H-pyrrole nitrogens is 2. The van der Waals surface area contributed by atoms with Crippen molar-refractivity contribution in [2.75, 3.05) is 0 Å². The number of rotatable bonds is 2. The van der Waals surface area contributed by atoms with Gasteiger partial charge in [0.25, 0.3) is 0 Å². The molecule has 0 saturated carbocycles. The van der Waals surface area contributed by atoms with Gasteiger partial charge in [-0.05, 0) is 35.4 Å². The van der Waals surface area contributed by atoms with Gasteiger partial charge in [0.05, 0.1) is 17.2 Å². The van der Waals surface area contributed by atoms with Crippen LogP contribution in [0.4, 0.5) is 4.39 Å². The fourth-order valence-corrected chi connectivity index (χ4v) is 3.09. The minimum atomic E-state index is -0.413. The van der Waals surface area contributed by atoms with Crippen LogP contribution in [0.1, 0.15) is 0 Å². The number of benzene rings is 2. The second-order valence-corrected chi connectivity index (χ2v) is 5.80. The number of pyridine rings is 1. The van der Waals surface area contributed by atoms with Gasteiger partial charge in [-0.15, -0.1) is 0 Å². The Labute approximate surface area is 141 Å². The summed E-state index contributed by atoms with van der Waals surface area (Å²) in [6, 6.07) is 12.4. The third-order valence-electron chi connectivity index (χ3n) is 3.83. The predicted octanol–water partition coefficient (Wildman–Crippen LogP) is 4.38. The number of nitrogens with one attached hydrogen (secondary N) is 2. The van der Waals surface area contributed by atoms with Gasteiger partial charge in [-0.2, -0.15) is 0 Å². The second kappa shape index (κ2) is 5.62. The number of halogens is 2. The van der Waals surface area contributed by atoms with Gasteiger partial charge in [-0.1, -0.05) is 29.8 Å². The van der Waals surface area contributed by atoms with Crippen LogP contribution < -0.4 is 5.69 Å². The van der Waals surface area contributed by atoms with E-state index in [-0.39, 0.29) is 5.69 Å². The Morgan fingerprint density at radius 3 is 2.62 bits per heavy atom. The van der Waals surface area contributed by atoms with Crippen molar-refractivity contribution in [1.29, 1.82) is 0 Å². The zero-order valence-electron chi connectivity index (χ0n) is 12.3. The van der Waals surface area contributed by atoms with Crippen molar-refractivity contribution in [3.8, 4) is 22.3 Å². The van der Waals surface area contributed by atoms with E-state index in [1.807, 2.05) is 24.3 Å².